The van der Waals surface area contributed by atoms with Crippen LogP contribution in [0, 0.1) is 11.7 Å². The van der Waals surface area contributed by atoms with Gasteiger partial charge < -0.3 is 14.6 Å². The molecule has 3 rings (SSSR count). The van der Waals surface area contributed by atoms with E-state index in [4.69, 9.17) is 9.26 Å². The summed E-state index contributed by atoms with van der Waals surface area (Å²) < 4.78 is 23.6. The topological polar surface area (TPSA) is 77.3 Å². The highest BCUT2D eigenvalue weighted by Gasteiger charge is 2.25. The number of carbonyl (C=O) groups is 1. The van der Waals surface area contributed by atoms with Crippen molar-refractivity contribution in [3.8, 4) is 17.1 Å². The second-order valence-electron chi connectivity index (χ2n) is 6.39. The largest absolute Gasteiger partial charge is 0.497 e. The standard InChI is InChI=1S/C20H20FN3O3/c1-12(2)17(22-19(25)14-4-8-15(21)9-5-14)20-23-18(24-27-20)13-6-10-16(26-3)11-7-13/h4-12,17H,1-3H3,(H,22,25). The monoisotopic (exact) mass is 369 g/mol. The van der Waals surface area contributed by atoms with E-state index in [0.717, 1.165) is 11.3 Å². The van der Waals surface area contributed by atoms with Gasteiger partial charge in [0.25, 0.3) is 5.91 Å². The van der Waals surface area contributed by atoms with Gasteiger partial charge in [0.1, 0.15) is 17.6 Å². The molecule has 3 aromatic rings. The predicted molar refractivity (Wildman–Crippen MR) is 97.7 cm³/mol. The molecule has 0 spiro atoms. The van der Waals surface area contributed by atoms with E-state index in [9.17, 15) is 9.18 Å². The van der Waals surface area contributed by atoms with Crippen molar-refractivity contribution in [3.63, 3.8) is 0 Å². The lowest BCUT2D eigenvalue weighted by atomic mass is 10.0. The van der Waals surface area contributed by atoms with Crippen LogP contribution in [0.3, 0.4) is 0 Å². The van der Waals surface area contributed by atoms with Gasteiger partial charge >= 0.3 is 0 Å². The molecule has 0 saturated heterocycles. The van der Waals surface area contributed by atoms with Crippen LogP contribution >= 0.6 is 0 Å². The predicted octanol–water partition coefficient (Wildman–Crippen LogP) is 4.01. The first kappa shape index (κ1) is 18.6. The van der Waals surface area contributed by atoms with Gasteiger partial charge in [-0.25, -0.2) is 4.39 Å². The van der Waals surface area contributed by atoms with E-state index in [-0.39, 0.29) is 11.8 Å². The summed E-state index contributed by atoms with van der Waals surface area (Å²) in [5.74, 6) is 0.749. The summed E-state index contributed by atoms with van der Waals surface area (Å²) >= 11 is 0. The van der Waals surface area contributed by atoms with E-state index in [2.05, 4.69) is 15.5 Å². The molecule has 0 aliphatic heterocycles. The summed E-state index contributed by atoms with van der Waals surface area (Å²) in [5.41, 5.74) is 1.13. The summed E-state index contributed by atoms with van der Waals surface area (Å²) in [4.78, 5) is 16.9. The normalized spacial score (nSPS) is 12.0. The molecule has 1 aromatic heterocycles. The van der Waals surface area contributed by atoms with Crippen LogP contribution in [0.1, 0.15) is 36.1 Å². The second kappa shape index (κ2) is 7.99. The zero-order chi connectivity index (χ0) is 19.4. The molecule has 0 aliphatic rings. The third kappa shape index (κ3) is 4.31. The number of nitrogens with one attached hydrogen (secondary N) is 1. The van der Waals surface area contributed by atoms with Crippen molar-refractivity contribution in [1.29, 1.82) is 0 Å². The lowest BCUT2D eigenvalue weighted by Gasteiger charge is -2.18. The number of ether oxygens (including phenoxy) is 1. The molecule has 1 atom stereocenters. The van der Waals surface area contributed by atoms with Crippen molar-refractivity contribution >= 4 is 5.91 Å². The molecular weight excluding hydrogens is 349 g/mol. The highest BCUT2D eigenvalue weighted by Crippen LogP contribution is 2.25. The molecule has 7 heteroatoms. The molecule has 1 unspecified atom stereocenters. The van der Waals surface area contributed by atoms with Crippen LogP contribution in [0.2, 0.25) is 0 Å². The number of hydrogen-bond acceptors (Lipinski definition) is 5. The highest BCUT2D eigenvalue weighted by atomic mass is 19.1. The molecule has 140 valence electrons. The molecule has 1 heterocycles. The Hall–Kier alpha value is -3.22. The van der Waals surface area contributed by atoms with Crippen molar-refractivity contribution in [1.82, 2.24) is 15.5 Å². The molecule has 2 aromatic carbocycles. The van der Waals surface area contributed by atoms with E-state index in [1.807, 2.05) is 38.1 Å². The van der Waals surface area contributed by atoms with Gasteiger partial charge in [-0.3, -0.25) is 4.79 Å². The summed E-state index contributed by atoms with van der Waals surface area (Å²) in [6.45, 7) is 3.87. The Labute approximate surface area is 156 Å². The lowest BCUT2D eigenvalue weighted by molar-refractivity contribution is 0.0914. The Kier molecular flexibility index (Phi) is 5.49. The Morgan fingerprint density at radius 3 is 2.37 bits per heavy atom. The van der Waals surface area contributed by atoms with E-state index in [1.54, 1.807) is 7.11 Å². The second-order valence-corrected chi connectivity index (χ2v) is 6.39. The third-order valence-corrected chi connectivity index (χ3v) is 4.12. The van der Waals surface area contributed by atoms with E-state index in [0.29, 0.717) is 17.3 Å². The molecule has 6 nitrogen and oxygen atoms in total. The molecule has 0 radical (unpaired) electrons. The molecule has 0 bridgehead atoms. The van der Waals surface area contributed by atoms with Crippen LogP contribution in [0.5, 0.6) is 5.75 Å². The van der Waals surface area contributed by atoms with Crippen molar-refractivity contribution in [3.05, 3.63) is 65.8 Å². The first-order chi connectivity index (χ1) is 13.0. The SMILES string of the molecule is COc1ccc(-c2noc(C(NC(=O)c3ccc(F)cc3)C(C)C)n2)cc1. The van der Waals surface area contributed by atoms with Gasteiger partial charge in [-0.05, 0) is 54.4 Å². The number of benzene rings is 2. The van der Waals surface area contributed by atoms with Crippen LogP contribution in [0.4, 0.5) is 4.39 Å². The summed E-state index contributed by atoms with van der Waals surface area (Å²) in [5, 5.41) is 6.88. The Morgan fingerprint density at radius 1 is 1.11 bits per heavy atom. The van der Waals surface area contributed by atoms with Gasteiger partial charge in [-0.15, -0.1) is 0 Å². The van der Waals surface area contributed by atoms with Crippen LogP contribution in [0.15, 0.2) is 53.1 Å². The van der Waals surface area contributed by atoms with Crippen molar-refractivity contribution in [2.24, 2.45) is 5.92 Å². The summed E-state index contributed by atoms with van der Waals surface area (Å²) in [6, 6.07) is 12.1. The smallest absolute Gasteiger partial charge is 0.251 e. The van der Waals surface area contributed by atoms with Gasteiger partial charge in [-0.1, -0.05) is 19.0 Å². The van der Waals surface area contributed by atoms with E-state index >= 15 is 0 Å². The van der Waals surface area contributed by atoms with Crippen LogP contribution in [-0.4, -0.2) is 23.2 Å². The zero-order valence-corrected chi connectivity index (χ0v) is 15.3. The fourth-order valence-electron chi connectivity index (χ4n) is 2.56. The Bertz CT molecular complexity index is 905. The fourth-order valence-corrected chi connectivity index (χ4v) is 2.56. The average molecular weight is 369 g/mol. The number of aromatic nitrogens is 2. The van der Waals surface area contributed by atoms with E-state index < -0.39 is 11.9 Å². The average Bonchev–Trinajstić information content (AvgIpc) is 3.16. The van der Waals surface area contributed by atoms with Gasteiger partial charge in [0, 0.05) is 11.1 Å². The summed E-state index contributed by atoms with van der Waals surface area (Å²) in [6.07, 6.45) is 0. The van der Waals surface area contributed by atoms with Gasteiger partial charge in [-0.2, -0.15) is 4.98 Å². The molecule has 1 amide bonds. The van der Waals surface area contributed by atoms with Gasteiger partial charge in [0.2, 0.25) is 11.7 Å². The number of rotatable bonds is 6. The molecule has 0 aliphatic carbocycles. The quantitative estimate of drug-likeness (QED) is 0.710. The maximum atomic E-state index is 13.0. The molecule has 1 N–H and O–H groups in total. The summed E-state index contributed by atoms with van der Waals surface area (Å²) in [7, 11) is 1.60. The van der Waals surface area contributed by atoms with Crippen LogP contribution < -0.4 is 10.1 Å². The highest BCUT2D eigenvalue weighted by molar-refractivity contribution is 5.94. The number of nitrogens with zero attached hydrogens (tertiary/aromatic N) is 2. The maximum Gasteiger partial charge on any atom is 0.251 e. The number of amides is 1. The van der Waals surface area contributed by atoms with Crippen LogP contribution in [-0.2, 0) is 0 Å². The minimum absolute atomic E-state index is 0.0126. The number of methoxy groups -OCH3 is 1. The van der Waals surface area contributed by atoms with E-state index in [1.165, 1.54) is 24.3 Å². The minimum atomic E-state index is -0.470. The molecule has 0 saturated carbocycles. The first-order valence-corrected chi connectivity index (χ1v) is 8.52. The minimum Gasteiger partial charge on any atom is -0.497 e. The molecule has 0 fully saturated rings. The third-order valence-electron chi connectivity index (χ3n) is 4.12. The molecular formula is C20H20FN3O3. The van der Waals surface area contributed by atoms with Gasteiger partial charge in [0.15, 0.2) is 0 Å². The lowest BCUT2D eigenvalue weighted by Crippen LogP contribution is -2.32. The zero-order valence-electron chi connectivity index (χ0n) is 15.3. The Morgan fingerprint density at radius 2 is 1.78 bits per heavy atom. The van der Waals surface area contributed by atoms with Gasteiger partial charge in [0.05, 0.1) is 7.11 Å². The van der Waals surface area contributed by atoms with Crippen LogP contribution in [0.25, 0.3) is 11.4 Å². The first-order valence-electron chi connectivity index (χ1n) is 8.52. The number of hydrogen-bond donors (Lipinski definition) is 1. The van der Waals surface area contributed by atoms with Crippen molar-refractivity contribution < 1.29 is 18.4 Å². The Balaban J connectivity index is 1.79. The van der Waals surface area contributed by atoms with Crippen molar-refractivity contribution in [2.45, 2.75) is 19.9 Å². The number of carbonyl (C=O) groups excluding carboxylic acids is 1. The maximum absolute atomic E-state index is 13.0. The number of halogens is 1. The molecule has 27 heavy (non-hydrogen) atoms. The fraction of sp³-hybridized carbons (Fsp3) is 0.250. The van der Waals surface area contributed by atoms with Crippen molar-refractivity contribution in [2.75, 3.05) is 7.11 Å².